The summed E-state index contributed by atoms with van der Waals surface area (Å²) in [4.78, 5) is 11.7. The maximum absolute atomic E-state index is 11.7. The number of allylic oxidation sites excluding steroid dienone is 3. The molecule has 0 aromatic heterocycles. The molecule has 4 aliphatic rings. The van der Waals surface area contributed by atoms with Gasteiger partial charge in [-0.15, -0.1) is 0 Å². The number of cyclic esters (lactones) is 1. The minimum Gasteiger partial charge on any atom is -0.459 e. The van der Waals surface area contributed by atoms with Gasteiger partial charge in [0, 0.05) is 18.4 Å². The molecule has 1 heterocycles. The molecule has 0 radical (unpaired) electrons. The number of rotatable bonds is 4. The number of aliphatic hydroxyl groups is 2. The zero-order chi connectivity index (χ0) is 22.3. The van der Waals surface area contributed by atoms with E-state index in [0.29, 0.717) is 42.6 Å². The molecule has 4 fully saturated rings. The molecule has 170 valence electrons. The molecule has 0 amide bonds. The molecule has 0 aromatic rings. The Morgan fingerprint density at radius 2 is 2.00 bits per heavy atom. The van der Waals surface area contributed by atoms with Crippen LogP contribution in [0.4, 0.5) is 0 Å². The molecule has 2 N–H and O–H groups in total. The number of carbonyl (C=O) groups is 1. The Kier molecular flexibility index (Phi) is 6.33. The topological polar surface area (TPSA) is 66.8 Å². The second-order valence-electron chi connectivity index (χ2n) is 10.7. The first kappa shape index (κ1) is 22.5. The molecule has 4 heteroatoms. The third-order valence-corrected chi connectivity index (χ3v) is 8.66. The second kappa shape index (κ2) is 8.71. The molecule has 4 nitrogen and oxygen atoms in total. The van der Waals surface area contributed by atoms with Gasteiger partial charge in [0.25, 0.3) is 0 Å². The summed E-state index contributed by atoms with van der Waals surface area (Å²) >= 11 is 0. The minimum absolute atomic E-state index is 0.00356. The lowest BCUT2D eigenvalue weighted by molar-refractivity contribution is -0.139. The molecule has 0 bridgehead atoms. The van der Waals surface area contributed by atoms with E-state index in [1.54, 1.807) is 0 Å². The third kappa shape index (κ3) is 4.34. The fourth-order valence-corrected chi connectivity index (χ4v) is 7.02. The summed E-state index contributed by atoms with van der Waals surface area (Å²) in [5, 5.41) is 20.2. The summed E-state index contributed by atoms with van der Waals surface area (Å²) in [6.07, 6.45) is 11.8. The number of esters is 1. The van der Waals surface area contributed by atoms with Crippen LogP contribution in [0.3, 0.4) is 0 Å². The van der Waals surface area contributed by atoms with Crippen LogP contribution in [-0.2, 0) is 9.53 Å². The molecule has 4 rings (SSSR count). The Hall–Kier alpha value is -1.65. The zero-order valence-corrected chi connectivity index (χ0v) is 19.1. The first-order chi connectivity index (χ1) is 14.7. The average molecular weight is 427 g/mol. The van der Waals surface area contributed by atoms with Gasteiger partial charge in [-0.25, -0.2) is 4.79 Å². The molecule has 7 atom stereocenters. The van der Waals surface area contributed by atoms with E-state index < -0.39 is 12.2 Å². The van der Waals surface area contributed by atoms with Crippen LogP contribution in [-0.4, -0.2) is 34.5 Å². The normalized spacial score (nSPS) is 42.2. The summed E-state index contributed by atoms with van der Waals surface area (Å²) in [7, 11) is 0. The van der Waals surface area contributed by atoms with Crippen LogP contribution in [0.15, 0.2) is 47.6 Å². The lowest BCUT2D eigenvalue weighted by Crippen LogP contribution is -2.36. The van der Waals surface area contributed by atoms with E-state index >= 15 is 0 Å². The van der Waals surface area contributed by atoms with E-state index in [0.717, 1.165) is 24.0 Å². The van der Waals surface area contributed by atoms with Gasteiger partial charge in [-0.1, -0.05) is 44.7 Å². The predicted octanol–water partition coefficient (Wildman–Crippen LogP) is 5.03. The maximum Gasteiger partial charge on any atom is 0.333 e. The monoisotopic (exact) mass is 426 g/mol. The molecular weight excluding hydrogens is 388 g/mol. The number of hydrogen-bond donors (Lipinski definition) is 2. The van der Waals surface area contributed by atoms with E-state index in [-0.39, 0.29) is 17.5 Å². The fourth-order valence-electron chi connectivity index (χ4n) is 7.02. The summed E-state index contributed by atoms with van der Waals surface area (Å²) in [5.41, 5.74) is 4.15. The highest BCUT2D eigenvalue weighted by Gasteiger charge is 2.51. The van der Waals surface area contributed by atoms with Gasteiger partial charge >= 0.3 is 5.97 Å². The van der Waals surface area contributed by atoms with Crippen molar-refractivity contribution in [1.82, 2.24) is 0 Å². The van der Waals surface area contributed by atoms with E-state index in [1.807, 2.05) is 0 Å². The lowest BCUT2D eigenvalue weighted by Gasteiger charge is -2.44. The Labute approximate surface area is 186 Å². The standard InChI is InChI=1S/C27H38O4/c1-16(12-22-13-17(2)26(30)31-22)23-9-10-24-19(6-5-11-27(23,24)4)7-8-20-14-21(28)15-25(29)18(20)3/h7-8,16,21-25,28-29H,2-3,5-6,9-15H2,1,4H3/b19-7+,20-8-. The van der Waals surface area contributed by atoms with Crippen molar-refractivity contribution in [2.24, 2.45) is 23.2 Å². The van der Waals surface area contributed by atoms with Gasteiger partial charge < -0.3 is 14.9 Å². The van der Waals surface area contributed by atoms with E-state index in [4.69, 9.17) is 4.74 Å². The smallest absolute Gasteiger partial charge is 0.333 e. The highest BCUT2D eigenvalue weighted by molar-refractivity contribution is 5.89. The van der Waals surface area contributed by atoms with Crippen molar-refractivity contribution < 1.29 is 19.7 Å². The highest BCUT2D eigenvalue weighted by atomic mass is 16.5. The van der Waals surface area contributed by atoms with E-state index in [9.17, 15) is 15.0 Å². The summed E-state index contributed by atoms with van der Waals surface area (Å²) in [6.45, 7) is 12.7. The molecule has 3 saturated carbocycles. The number of hydrogen-bond acceptors (Lipinski definition) is 4. The fraction of sp³-hybridized carbons (Fsp3) is 0.667. The maximum atomic E-state index is 11.7. The van der Waals surface area contributed by atoms with Crippen molar-refractivity contribution >= 4 is 5.97 Å². The molecule has 1 saturated heterocycles. The molecule has 7 unspecified atom stereocenters. The van der Waals surface area contributed by atoms with Crippen molar-refractivity contribution in [1.29, 1.82) is 0 Å². The zero-order valence-electron chi connectivity index (χ0n) is 19.1. The molecule has 3 aliphatic carbocycles. The second-order valence-corrected chi connectivity index (χ2v) is 10.7. The molecule has 31 heavy (non-hydrogen) atoms. The van der Waals surface area contributed by atoms with Crippen molar-refractivity contribution in [2.75, 3.05) is 0 Å². The first-order valence-corrected chi connectivity index (χ1v) is 12.0. The summed E-state index contributed by atoms with van der Waals surface area (Å²) < 4.78 is 5.52. The Bertz CT molecular complexity index is 805. The first-order valence-electron chi connectivity index (χ1n) is 12.0. The van der Waals surface area contributed by atoms with Gasteiger partial charge in [0.2, 0.25) is 0 Å². The largest absolute Gasteiger partial charge is 0.459 e. The van der Waals surface area contributed by atoms with Gasteiger partial charge in [0.05, 0.1) is 12.2 Å². The van der Waals surface area contributed by atoms with Crippen LogP contribution < -0.4 is 0 Å². The number of fused-ring (bicyclic) bond motifs is 1. The van der Waals surface area contributed by atoms with Crippen LogP contribution >= 0.6 is 0 Å². The Morgan fingerprint density at radius 3 is 2.71 bits per heavy atom. The van der Waals surface area contributed by atoms with Crippen LogP contribution in [0.1, 0.15) is 71.6 Å². The third-order valence-electron chi connectivity index (χ3n) is 8.66. The van der Waals surface area contributed by atoms with Crippen molar-refractivity contribution in [3.63, 3.8) is 0 Å². The number of carbonyl (C=O) groups excluding carboxylic acids is 1. The molecule has 0 spiro atoms. The van der Waals surface area contributed by atoms with Crippen molar-refractivity contribution in [3.05, 3.63) is 47.6 Å². The molecule has 0 aromatic carbocycles. The van der Waals surface area contributed by atoms with Crippen LogP contribution in [0.5, 0.6) is 0 Å². The van der Waals surface area contributed by atoms with Crippen molar-refractivity contribution in [2.45, 2.75) is 89.9 Å². The van der Waals surface area contributed by atoms with Crippen LogP contribution in [0, 0.1) is 23.2 Å². The van der Waals surface area contributed by atoms with E-state index in [2.05, 4.69) is 39.2 Å². The van der Waals surface area contributed by atoms with Gasteiger partial charge in [-0.2, -0.15) is 0 Å². The Morgan fingerprint density at radius 1 is 1.23 bits per heavy atom. The van der Waals surface area contributed by atoms with Gasteiger partial charge in [-0.05, 0) is 79.3 Å². The molecular formula is C27H38O4. The van der Waals surface area contributed by atoms with Crippen molar-refractivity contribution in [3.8, 4) is 0 Å². The van der Waals surface area contributed by atoms with E-state index in [1.165, 1.54) is 31.3 Å². The number of aliphatic hydroxyl groups excluding tert-OH is 2. The van der Waals surface area contributed by atoms with Gasteiger partial charge in [-0.3, -0.25) is 0 Å². The van der Waals surface area contributed by atoms with Gasteiger partial charge in [0.1, 0.15) is 6.10 Å². The summed E-state index contributed by atoms with van der Waals surface area (Å²) in [5.74, 6) is 1.51. The SMILES string of the molecule is C=C1CC(CC(C)C2CCC3/C(=C/C=C4/CC(O)CC(O)C4=C)CCCC32C)OC1=O. The highest BCUT2D eigenvalue weighted by Crippen LogP contribution is 2.60. The van der Waals surface area contributed by atoms with Crippen LogP contribution in [0.2, 0.25) is 0 Å². The number of ether oxygens (including phenoxy) is 1. The van der Waals surface area contributed by atoms with Crippen LogP contribution in [0.25, 0.3) is 0 Å². The lowest BCUT2D eigenvalue weighted by atomic mass is 9.60. The van der Waals surface area contributed by atoms with Gasteiger partial charge in [0.15, 0.2) is 0 Å². The predicted molar refractivity (Wildman–Crippen MR) is 122 cm³/mol. The average Bonchev–Trinajstić information content (AvgIpc) is 3.22. The Balaban J connectivity index is 1.48. The minimum atomic E-state index is -0.637. The molecule has 1 aliphatic heterocycles. The quantitative estimate of drug-likeness (QED) is 0.489. The summed E-state index contributed by atoms with van der Waals surface area (Å²) in [6, 6.07) is 0.